The van der Waals surface area contributed by atoms with Gasteiger partial charge in [-0.3, -0.25) is 0 Å². The Morgan fingerprint density at radius 1 is 1.12 bits per heavy atom. The second-order valence-electron chi connectivity index (χ2n) is 6.02. The number of aliphatic hydroxyl groups excluding tert-OH is 1. The van der Waals surface area contributed by atoms with Gasteiger partial charge in [0.25, 0.3) is 0 Å². The number of hydrogen-bond acceptors (Lipinski definition) is 2. The molecule has 0 heterocycles. The lowest BCUT2D eigenvalue weighted by molar-refractivity contribution is -0.0231. The second kappa shape index (κ2) is 6.75. The Balaban J connectivity index is 1.74. The summed E-state index contributed by atoms with van der Waals surface area (Å²) in [6.45, 7) is 3.45. The number of fused-ring (bicyclic) bond motifs is 1. The lowest BCUT2D eigenvalue weighted by Gasteiger charge is -2.40. The van der Waals surface area contributed by atoms with E-state index in [1.807, 2.05) is 0 Å². The molecule has 2 rings (SSSR count). The van der Waals surface area contributed by atoms with Gasteiger partial charge in [-0.15, -0.1) is 0 Å². The number of ether oxygens (including phenoxy) is 1. The first-order valence-corrected chi connectivity index (χ1v) is 7.57. The van der Waals surface area contributed by atoms with Gasteiger partial charge in [-0.05, 0) is 43.4 Å². The van der Waals surface area contributed by atoms with Gasteiger partial charge >= 0.3 is 0 Å². The minimum atomic E-state index is -0.218. The van der Waals surface area contributed by atoms with E-state index in [4.69, 9.17) is 4.74 Å². The van der Waals surface area contributed by atoms with Crippen LogP contribution in [0.4, 0.5) is 0 Å². The van der Waals surface area contributed by atoms with Crippen molar-refractivity contribution in [3.63, 3.8) is 0 Å². The molecule has 0 saturated heterocycles. The first-order valence-electron chi connectivity index (χ1n) is 7.57. The highest BCUT2D eigenvalue weighted by Gasteiger charge is 2.34. The molecule has 0 aliphatic heterocycles. The molecule has 0 aromatic carbocycles. The van der Waals surface area contributed by atoms with Crippen LogP contribution in [0, 0.1) is 17.8 Å². The van der Waals surface area contributed by atoms with Crippen LogP contribution in [0.15, 0.2) is 0 Å². The van der Waals surface area contributed by atoms with Crippen LogP contribution in [-0.2, 0) is 4.74 Å². The molecule has 2 heteroatoms. The van der Waals surface area contributed by atoms with Crippen molar-refractivity contribution < 1.29 is 9.84 Å². The highest BCUT2D eigenvalue weighted by molar-refractivity contribution is 4.85. The Hall–Kier alpha value is -0.0800. The quantitative estimate of drug-likeness (QED) is 0.746. The zero-order valence-corrected chi connectivity index (χ0v) is 11.2. The molecule has 2 nitrogen and oxygen atoms in total. The molecule has 100 valence electrons. The van der Waals surface area contributed by atoms with Gasteiger partial charge in [0.05, 0.1) is 12.7 Å². The summed E-state index contributed by atoms with van der Waals surface area (Å²) in [6.07, 6.45) is 10.3. The normalized spacial score (nSPS) is 35.3. The molecular formula is C15H28O2. The molecule has 2 fully saturated rings. The van der Waals surface area contributed by atoms with Crippen molar-refractivity contribution >= 4 is 0 Å². The SMILES string of the molecule is CCCOCC(O)C1CCC2CCCCC2C1. The van der Waals surface area contributed by atoms with E-state index < -0.39 is 0 Å². The van der Waals surface area contributed by atoms with Crippen molar-refractivity contribution in [2.75, 3.05) is 13.2 Å². The van der Waals surface area contributed by atoms with Crippen molar-refractivity contribution in [3.8, 4) is 0 Å². The third-order valence-electron chi connectivity index (χ3n) is 4.76. The Kier molecular flexibility index (Phi) is 5.30. The summed E-state index contributed by atoms with van der Waals surface area (Å²) in [6, 6.07) is 0. The molecule has 2 aliphatic rings. The number of rotatable bonds is 5. The molecule has 0 aromatic rings. The molecule has 2 saturated carbocycles. The fraction of sp³-hybridized carbons (Fsp3) is 1.00. The molecule has 0 bridgehead atoms. The minimum absolute atomic E-state index is 0.218. The van der Waals surface area contributed by atoms with Crippen LogP contribution in [0.1, 0.15) is 58.3 Å². The molecule has 0 radical (unpaired) electrons. The van der Waals surface area contributed by atoms with Crippen molar-refractivity contribution in [1.29, 1.82) is 0 Å². The summed E-state index contributed by atoms with van der Waals surface area (Å²) in [5.41, 5.74) is 0. The van der Waals surface area contributed by atoms with Crippen LogP contribution >= 0.6 is 0 Å². The van der Waals surface area contributed by atoms with E-state index in [9.17, 15) is 5.11 Å². The predicted molar refractivity (Wildman–Crippen MR) is 69.9 cm³/mol. The number of hydrogen-bond donors (Lipinski definition) is 1. The third-order valence-corrected chi connectivity index (χ3v) is 4.76. The van der Waals surface area contributed by atoms with Gasteiger partial charge < -0.3 is 9.84 Å². The average molecular weight is 240 g/mol. The molecule has 0 amide bonds. The van der Waals surface area contributed by atoms with Gasteiger partial charge in [-0.1, -0.05) is 32.6 Å². The van der Waals surface area contributed by atoms with E-state index in [2.05, 4.69) is 6.92 Å². The first-order chi connectivity index (χ1) is 8.31. The van der Waals surface area contributed by atoms with Crippen molar-refractivity contribution in [1.82, 2.24) is 0 Å². The fourth-order valence-corrected chi connectivity index (χ4v) is 3.74. The molecule has 2 aliphatic carbocycles. The zero-order chi connectivity index (χ0) is 12.1. The van der Waals surface area contributed by atoms with E-state index in [-0.39, 0.29) is 6.10 Å². The minimum Gasteiger partial charge on any atom is -0.390 e. The van der Waals surface area contributed by atoms with E-state index in [1.165, 1.54) is 44.9 Å². The van der Waals surface area contributed by atoms with E-state index in [0.29, 0.717) is 12.5 Å². The Morgan fingerprint density at radius 3 is 2.65 bits per heavy atom. The Morgan fingerprint density at radius 2 is 1.88 bits per heavy atom. The summed E-state index contributed by atoms with van der Waals surface area (Å²) in [4.78, 5) is 0. The van der Waals surface area contributed by atoms with E-state index in [0.717, 1.165) is 24.9 Å². The van der Waals surface area contributed by atoms with Crippen LogP contribution in [0.2, 0.25) is 0 Å². The predicted octanol–water partition coefficient (Wildman–Crippen LogP) is 3.38. The van der Waals surface area contributed by atoms with Gasteiger partial charge in [0.1, 0.15) is 0 Å². The topological polar surface area (TPSA) is 29.5 Å². The maximum absolute atomic E-state index is 10.2. The number of aliphatic hydroxyl groups is 1. The van der Waals surface area contributed by atoms with E-state index >= 15 is 0 Å². The zero-order valence-electron chi connectivity index (χ0n) is 11.2. The fourth-order valence-electron chi connectivity index (χ4n) is 3.74. The maximum Gasteiger partial charge on any atom is 0.0801 e. The third kappa shape index (κ3) is 3.69. The highest BCUT2D eigenvalue weighted by atomic mass is 16.5. The lowest BCUT2D eigenvalue weighted by atomic mass is 9.66. The van der Waals surface area contributed by atoms with Crippen LogP contribution in [0.5, 0.6) is 0 Å². The van der Waals surface area contributed by atoms with Crippen molar-refractivity contribution in [2.24, 2.45) is 17.8 Å². The van der Waals surface area contributed by atoms with Gasteiger partial charge in [0.15, 0.2) is 0 Å². The summed E-state index contributed by atoms with van der Waals surface area (Å²) in [5.74, 6) is 2.39. The van der Waals surface area contributed by atoms with Crippen molar-refractivity contribution in [2.45, 2.75) is 64.4 Å². The van der Waals surface area contributed by atoms with Gasteiger partial charge in [-0.2, -0.15) is 0 Å². The summed E-state index contributed by atoms with van der Waals surface area (Å²) in [7, 11) is 0. The largest absolute Gasteiger partial charge is 0.390 e. The van der Waals surface area contributed by atoms with Crippen LogP contribution in [0.3, 0.4) is 0 Å². The second-order valence-corrected chi connectivity index (χ2v) is 6.02. The molecule has 4 unspecified atom stereocenters. The summed E-state index contributed by atoms with van der Waals surface area (Å²) < 4.78 is 5.48. The first kappa shape index (κ1) is 13.4. The summed E-state index contributed by atoms with van der Waals surface area (Å²) in [5, 5.41) is 10.2. The highest BCUT2D eigenvalue weighted by Crippen LogP contribution is 2.43. The molecule has 0 spiro atoms. The van der Waals surface area contributed by atoms with Crippen LogP contribution in [0.25, 0.3) is 0 Å². The molecule has 0 aromatic heterocycles. The monoisotopic (exact) mass is 240 g/mol. The maximum atomic E-state index is 10.2. The molecule has 4 atom stereocenters. The van der Waals surface area contributed by atoms with Gasteiger partial charge in [0.2, 0.25) is 0 Å². The van der Waals surface area contributed by atoms with Crippen LogP contribution in [-0.4, -0.2) is 24.4 Å². The van der Waals surface area contributed by atoms with Crippen LogP contribution < -0.4 is 0 Å². The van der Waals surface area contributed by atoms with Gasteiger partial charge in [-0.25, -0.2) is 0 Å². The summed E-state index contributed by atoms with van der Waals surface area (Å²) >= 11 is 0. The Labute approximate surface area is 106 Å². The molecule has 17 heavy (non-hydrogen) atoms. The smallest absolute Gasteiger partial charge is 0.0801 e. The molecule has 1 N–H and O–H groups in total. The van der Waals surface area contributed by atoms with Crippen molar-refractivity contribution in [3.05, 3.63) is 0 Å². The lowest BCUT2D eigenvalue weighted by Crippen LogP contribution is -2.35. The standard InChI is InChI=1S/C15H28O2/c1-2-9-17-11-15(16)14-8-7-12-5-3-4-6-13(12)10-14/h12-16H,2-11H2,1H3. The van der Waals surface area contributed by atoms with Gasteiger partial charge in [0, 0.05) is 6.61 Å². The average Bonchev–Trinajstić information content (AvgIpc) is 2.38. The molecular weight excluding hydrogens is 212 g/mol. The Bertz CT molecular complexity index is 217. The van der Waals surface area contributed by atoms with E-state index in [1.54, 1.807) is 0 Å².